The maximum absolute atomic E-state index is 11.5. The van der Waals surface area contributed by atoms with Crippen LogP contribution in [0.5, 0.6) is 0 Å². The molecule has 1 heterocycles. The lowest BCUT2D eigenvalue weighted by Crippen LogP contribution is -2.84. The van der Waals surface area contributed by atoms with Crippen molar-refractivity contribution in [1.29, 1.82) is 0 Å². The van der Waals surface area contributed by atoms with Crippen LogP contribution >= 0.6 is 0 Å². The Balaban J connectivity index is 2.08. The van der Waals surface area contributed by atoms with Gasteiger partial charge in [-0.2, -0.15) is 0 Å². The lowest BCUT2D eigenvalue weighted by molar-refractivity contribution is -0.413. The van der Waals surface area contributed by atoms with Crippen LogP contribution in [0, 0.1) is 22.2 Å². The van der Waals surface area contributed by atoms with Crippen molar-refractivity contribution in [3.05, 3.63) is 0 Å². The van der Waals surface area contributed by atoms with E-state index >= 15 is 0 Å². The Morgan fingerprint density at radius 1 is 1.15 bits per heavy atom. The molecular formula is C15H24O5. The second kappa shape index (κ2) is 3.10. The van der Waals surface area contributed by atoms with E-state index < -0.39 is 39.8 Å². The molecule has 5 aliphatic rings. The molecule has 20 heavy (non-hydrogen) atoms. The average molecular weight is 284 g/mol. The number of aliphatic hydroxyl groups is 4. The second-order valence-electron chi connectivity index (χ2n) is 7.98. The largest absolute Gasteiger partial charge is 0.392 e. The highest BCUT2D eigenvalue weighted by molar-refractivity contribution is 5.36. The first-order chi connectivity index (χ1) is 9.12. The Labute approximate surface area is 118 Å². The van der Waals surface area contributed by atoms with E-state index in [0.29, 0.717) is 12.8 Å². The Morgan fingerprint density at radius 2 is 1.80 bits per heavy atom. The molecule has 5 heteroatoms. The molecule has 0 aromatic heterocycles. The maximum Gasteiger partial charge on any atom is 0.201 e. The summed E-state index contributed by atoms with van der Waals surface area (Å²) in [5, 5.41) is 44.1. The van der Waals surface area contributed by atoms with Crippen LogP contribution in [0.3, 0.4) is 0 Å². The van der Waals surface area contributed by atoms with Gasteiger partial charge in [0.2, 0.25) is 5.79 Å². The fourth-order valence-corrected chi connectivity index (χ4v) is 6.43. The van der Waals surface area contributed by atoms with Gasteiger partial charge in [-0.25, -0.2) is 0 Å². The first-order valence-corrected chi connectivity index (χ1v) is 7.57. The van der Waals surface area contributed by atoms with Crippen LogP contribution in [0.2, 0.25) is 0 Å². The molecule has 1 aliphatic heterocycles. The van der Waals surface area contributed by atoms with E-state index in [1.165, 1.54) is 0 Å². The van der Waals surface area contributed by atoms with E-state index in [4.69, 9.17) is 4.74 Å². The fourth-order valence-electron chi connectivity index (χ4n) is 6.43. The monoisotopic (exact) mass is 284 g/mol. The topological polar surface area (TPSA) is 90.2 Å². The molecule has 1 spiro atoms. The average Bonchev–Trinajstić information content (AvgIpc) is 2.77. The van der Waals surface area contributed by atoms with Crippen molar-refractivity contribution in [2.45, 2.75) is 63.6 Å². The Kier molecular flexibility index (Phi) is 2.09. The summed E-state index contributed by atoms with van der Waals surface area (Å²) in [6.45, 7) is 5.80. The van der Waals surface area contributed by atoms with Gasteiger partial charge in [-0.3, -0.25) is 0 Å². The van der Waals surface area contributed by atoms with Gasteiger partial charge >= 0.3 is 0 Å². The molecule has 1 saturated heterocycles. The molecule has 4 aliphatic carbocycles. The fraction of sp³-hybridized carbons (Fsp3) is 1.00. The van der Waals surface area contributed by atoms with Gasteiger partial charge in [0.1, 0.15) is 6.10 Å². The first kappa shape index (κ1) is 13.5. The predicted molar refractivity (Wildman–Crippen MR) is 69.5 cm³/mol. The number of rotatable bonds is 0. The van der Waals surface area contributed by atoms with E-state index in [1.807, 2.05) is 13.8 Å². The van der Waals surface area contributed by atoms with E-state index in [2.05, 4.69) is 0 Å². The van der Waals surface area contributed by atoms with Gasteiger partial charge in [0, 0.05) is 10.8 Å². The summed E-state index contributed by atoms with van der Waals surface area (Å²) in [6.07, 6.45) is -0.250. The van der Waals surface area contributed by atoms with Crippen LogP contribution in [0.25, 0.3) is 0 Å². The van der Waals surface area contributed by atoms with Crippen molar-refractivity contribution in [3.63, 3.8) is 0 Å². The number of hydrogen-bond acceptors (Lipinski definition) is 5. The van der Waals surface area contributed by atoms with Crippen molar-refractivity contribution >= 4 is 0 Å². The molecule has 8 atom stereocenters. The third kappa shape index (κ3) is 0.830. The van der Waals surface area contributed by atoms with Crippen molar-refractivity contribution in [1.82, 2.24) is 0 Å². The molecule has 0 radical (unpaired) electrons. The molecule has 4 saturated carbocycles. The summed E-state index contributed by atoms with van der Waals surface area (Å²) in [5.41, 5.74) is -3.80. The van der Waals surface area contributed by atoms with Crippen LogP contribution in [-0.2, 0) is 4.74 Å². The third-order valence-electron chi connectivity index (χ3n) is 8.03. The highest BCUT2D eigenvalue weighted by atomic mass is 16.7. The van der Waals surface area contributed by atoms with Crippen molar-refractivity contribution < 1.29 is 25.2 Å². The molecule has 4 bridgehead atoms. The van der Waals surface area contributed by atoms with E-state index in [-0.39, 0.29) is 12.5 Å². The molecule has 4 N–H and O–H groups in total. The summed E-state index contributed by atoms with van der Waals surface area (Å²) in [6, 6.07) is 0. The quantitative estimate of drug-likeness (QED) is 0.503. The second-order valence-corrected chi connectivity index (χ2v) is 7.98. The smallest absolute Gasteiger partial charge is 0.201 e. The normalized spacial score (nSPS) is 71.2. The van der Waals surface area contributed by atoms with Crippen molar-refractivity contribution in [3.8, 4) is 0 Å². The van der Waals surface area contributed by atoms with Gasteiger partial charge in [0.25, 0.3) is 0 Å². The van der Waals surface area contributed by atoms with Crippen LogP contribution in [0.4, 0.5) is 0 Å². The Hall–Kier alpha value is -0.200. The summed E-state index contributed by atoms with van der Waals surface area (Å²) >= 11 is 0. The van der Waals surface area contributed by atoms with Gasteiger partial charge in [-0.1, -0.05) is 20.8 Å². The molecule has 0 aromatic rings. The predicted octanol–water partition coefficient (Wildman–Crippen LogP) is 0.00430. The zero-order valence-electron chi connectivity index (χ0n) is 12.3. The van der Waals surface area contributed by atoms with E-state index in [1.54, 1.807) is 6.92 Å². The molecule has 114 valence electrons. The molecule has 5 nitrogen and oxygen atoms in total. The van der Waals surface area contributed by atoms with Crippen molar-refractivity contribution in [2.24, 2.45) is 22.2 Å². The zero-order valence-corrected chi connectivity index (χ0v) is 12.3. The molecule has 0 unspecified atom stereocenters. The zero-order chi connectivity index (χ0) is 14.8. The molecule has 5 fully saturated rings. The molecular weight excluding hydrogens is 260 g/mol. The minimum absolute atomic E-state index is 0.0366. The summed E-state index contributed by atoms with van der Waals surface area (Å²) < 4.78 is 5.62. The lowest BCUT2D eigenvalue weighted by Gasteiger charge is -2.72. The van der Waals surface area contributed by atoms with Crippen molar-refractivity contribution in [2.75, 3.05) is 6.61 Å². The van der Waals surface area contributed by atoms with Crippen LogP contribution in [-0.4, -0.2) is 50.6 Å². The summed E-state index contributed by atoms with van der Waals surface area (Å²) in [7, 11) is 0. The van der Waals surface area contributed by atoms with Gasteiger partial charge in [0.15, 0.2) is 0 Å². The number of hydrogen-bond donors (Lipinski definition) is 4. The van der Waals surface area contributed by atoms with E-state index in [0.717, 1.165) is 6.42 Å². The van der Waals surface area contributed by atoms with Crippen LogP contribution in [0.15, 0.2) is 0 Å². The highest BCUT2D eigenvalue weighted by Crippen LogP contribution is 2.80. The molecule has 0 aromatic carbocycles. The lowest BCUT2D eigenvalue weighted by atomic mass is 9.34. The standard InChI is InChI=1S/C15H24O5/c1-8-4-5-14(18)11(2)7-20-15(19)10(17)13(8,14)6-9(16)12(11,15)3/h8-10,16-19H,4-7H2,1-3H3/t8-,9+,10-,11-,12-,13+,14+,15-/m1/s1. The Bertz CT molecular complexity index is 495. The highest BCUT2D eigenvalue weighted by Gasteiger charge is 2.90. The minimum atomic E-state index is -1.77. The van der Waals surface area contributed by atoms with Crippen LogP contribution < -0.4 is 0 Å². The van der Waals surface area contributed by atoms with Crippen LogP contribution in [0.1, 0.15) is 40.0 Å². The molecule has 0 amide bonds. The van der Waals surface area contributed by atoms with Gasteiger partial charge in [0.05, 0.1) is 23.7 Å². The maximum atomic E-state index is 11.5. The number of fused-ring (bicyclic) bond motifs is 1. The molecule has 5 rings (SSSR count). The van der Waals surface area contributed by atoms with Gasteiger partial charge in [-0.05, 0) is 25.2 Å². The minimum Gasteiger partial charge on any atom is -0.392 e. The summed E-state index contributed by atoms with van der Waals surface area (Å²) in [5.74, 6) is -1.74. The Morgan fingerprint density at radius 3 is 2.45 bits per heavy atom. The number of ether oxygens (including phenoxy) is 1. The van der Waals surface area contributed by atoms with E-state index in [9.17, 15) is 20.4 Å². The van der Waals surface area contributed by atoms with Gasteiger partial charge in [-0.15, -0.1) is 0 Å². The summed E-state index contributed by atoms with van der Waals surface area (Å²) in [4.78, 5) is 0. The first-order valence-electron chi connectivity index (χ1n) is 7.57. The number of aliphatic hydroxyl groups excluding tert-OH is 2. The third-order valence-corrected chi connectivity index (χ3v) is 8.03. The van der Waals surface area contributed by atoms with Gasteiger partial charge < -0.3 is 25.2 Å². The SMILES string of the molecule is C[C@@H]1CC[C@@]2(O)[C@@]13C[C@H](O)[C@]1(C)[C@@]2(C)CO[C@]1(O)[C@@H]3O.